The van der Waals surface area contributed by atoms with Crippen molar-refractivity contribution in [2.24, 2.45) is 0 Å². The summed E-state index contributed by atoms with van der Waals surface area (Å²) in [6, 6.07) is 9.06. The molecule has 0 saturated carbocycles. The Morgan fingerprint density at radius 3 is 2.57 bits per heavy atom. The molecule has 0 atom stereocenters. The lowest BCUT2D eigenvalue weighted by atomic mass is 10.1. The van der Waals surface area contributed by atoms with Gasteiger partial charge in [-0.25, -0.2) is 14.2 Å². The van der Waals surface area contributed by atoms with E-state index in [1.54, 1.807) is 12.1 Å². The molecule has 0 unspecified atom stereocenters. The van der Waals surface area contributed by atoms with E-state index in [1.807, 2.05) is 25.1 Å². The predicted molar refractivity (Wildman–Crippen MR) is 92.6 cm³/mol. The minimum absolute atomic E-state index is 0.436. The molecule has 0 spiro atoms. The number of morpholine rings is 1. The lowest BCUT2D eigenvalue weighted by Crippen LogP contribution is -2.37. The highest BCUT2D eigenvalue weighted by atomic mass is 35.5. The second kappa shape index (κ2) is 7.21. The van der Waals surface area contributed by atoms with E-state index in [1.165, 1.54) is 0 Å². The SMILES string of the molecule is Cc1nc(C(=S=O)c2ccc(Cl)cc2)cc(N2CCOCC2)n1. The van der Waals surface area contributed by atoms with Gasteiger partial charge in [0, 0.05) is 24.2 Å². The van der Waals surface area contributed by atoms with Gasteiger partial charge in [-0.1, -0.05) is 23.7 Å². The van der Waals surface area contributed by atoms with Crippen molar-refractivity contribution in [3.8, 4) is 0 Å². The van der Waals surface area contributed by atoms with Crippen LogP contribution in [-0.2, 0) is 16.0 Å². The summed E-state index contributed by atoms with van der Waals surface area (Å²) in [5, 5.41) is 0.636. The Labute approximate surface area is 143 Å². The molecule has 0 amide bonds. The monoisotopic (exact) mass is 349 g/mol. The second-order valence-corrected chi connectivity index (χ2v) is 6.19. The maximum absolute atomic E-state index is 11.7. The molecule has 5 nitrogen and oxygen atoms in total. The number of halogens is 1. The summed E-state index contributed by atoms with van der Waals surface area (Å²) >= 11 is 6.36. The molecule has 1 aliphatic rings. The molecule has 2 aromatic rings. The topological polar surface area (TPSA) is 55.3 Å². The van der Waals surface area contributed by atoms with E-state index in [2.05, 4.69) is 14.9 Å². The Morgan fingerprint density at radius 2 is 1.91 bits per heavy atom. The van der Waals surface area contributed by atoms with Gasteiger partial charge < -0.3 is 9.64 Å². The number of nitrogens with zero attached hydrogens (tertiary/aromatic N) is 3. The van der Waals surface area contributed by atoms with Crippen LogP contribution in [0.4, 0.5) is 5.82 Å². The van der Waals surface area contributed by atoms with Crippen molar-refractivity contribution in [2.45, 2.75) is 6.92 Å². The van der Waals surface area contributed by atoms with Crippen LogP contribution < -0.4 is 4.90 Å². The van der Waals surface area contributed by atoms with Crippen LogP contribution in [0.1, 0.15) is 17.1 Å². The summed E-state index contributed by atoms with van der Waals surface area (Å²) in [5.41, 5.74) is 1.45. The van der Waals surface area contributed by atoms with Crippen LogP contribution >= 0.6 is 11.6 Å². The number of ether oxygens (including phenoxy) is 1. The Bertz CT molecular complexity index is 754. The zero-order valence-electron chi connectivity index (χ0n) is 12.7. The quantitative estimate of drug-likeness (QED) is 0.627. The summed E-state index contributed by atoms with van der Waals surface area (Å²) in [7, 11) is 0. The fourth-order valence-corrected chi connectivity index (χ4v) is 3.01. The van der Waals surface area contributed by atoms with Gasteiger partial charge in [0.05, 0.1) is 30.2 Å². The number of rotatable bonds is 3. The molecule has 0 bridgehead atoms. The highest BCUT2D eigenvalue weighted by Gasteiger charge is 2.16. The number of anilines is 1. The largest absolute Gasteiger partial charge is 0.378 e. The normalized spacial score (nSPS) is 14.6. The smallest absolute Gasteiger partial charge is 0.133 e. The Morgan fingerprint density at radius 1 is 1.22 bits per heavy atom. The first-order valence-corrected chi connectivity index (χ1v) is 8.41. The average molecular weight is 350 g/mol. The first kappa shape index (κ1) is 16.1. The molecular formula is C16H16ClN3O2S. The fourth-order valence-electron chi connectivity index (χ4n) is 2.46. The summed E-state index contributed by atoms with van der Waals surface area (Å²) < 4.78 is 17.0. The first-order chi connectivity index (χ1) is 11.2. The fraction of sp³-hybridized carbons (Fsp3) is 0.312. The van der Waals surface area contributed by atoms with Gasteiger partial charge in [-0.05, 0) is 24.6 Å². The third-order valence-electron chi connectivity index (χ3n) is 3.58. The predicted octanol–water partition coefficient (Wildman–Crippen LogP) is 2.06. The van der Waals surface area contributed by atoms with Crippen molar-refractivity contribution in [3.05, 3.63) is 52.4 Å². The van der Waals surface area contributed by atoms with Gasteiger partial charge in [0.25, 0.3) is 0 Å². The summed E-state index contributed by atoms with van der Waals surface area (Å²) in [5.74, 6) is 1.47. The Hall–Kier alpha value is -1.76. The second-order valence-electron chi connectivity index (χ2n) is 5.18. The van der Waals surface area contributed by atoms with Crippen LogP contribution in [0.3, 0.4) is 0 Å². The molecular weight excluding hydrogens is 334 g/mol. The number of aromatic nitrogens is 2. The van der Waals surface area contributed by atoms with E-state index in [9.17, 15) is 4.21 Å². The Balaban J connectivity index is 1.99. The van der Waals surface area contributed by atoms with Crippen molar-refractivity contribution < 1.29 is 8.95 Å². The van der Waals surface area contributed by atoms with E-state index in [-0.39, 0.29) is 0 Å². The highest BCUT2D eigenvalue weighted by Crippen LogP contribution is 2.18. The summed E-state index contributed by atoms with van der Waals surface area (Å²) in [6.45, 7) is 4.78. The van der Waals surface area contributed by atoms with Crippen molar-refractivity contribution in [2.75, 3.05) is 31.2 Å². The summed E-state index contributed by atoms with van der Waals surface area (Å²) in [4.78, 5) is 11.7. The van der Waals surface area contributed by atoms with Crippen LogP contribution in [0.15, 0.2) is 30.3 Å². The number of aryl methyl sites for hydroxylation is 1. The maximum atomic E-state index is 11.7. The van der Waals surface area contributed by atoms with Gasteiger partial charge in [-0.3, -0.25) is 0 Å². The van der Waals surface area contributed by atoms with Gasteiger partial charge in [0.1, 0.15) is 16.5 Å². The lowest BCUT2D eigenvalue weighted by molar-refractivity contribution is 0.122. The highest BCUT2D eigenvalue weighted by molar-refractivity contribution is 7.67. The minimum Gasteiger partial charge on any atom is -0.378 e. The average Bonchev–Trinajstić information content (AvgIpc) is 2.58. The molecule has 23 heavy (non-hydrogen) atoms. The number of hydrogen-bond donors (Lipinski definition) is 0. The maximum Gasteiger partial charge on any atom is 0.133 e. The molecule has 7 heteroatoms. The van der Waals surface area contributed by atoms with Crippen LogP contribution in [-0.4, -0.2) is 45.3 Å². The zero-order valence-corrected chi connectivity index (χ0v) is 14.2. The molecule has 0 radical (unpaired) electrons. The number of benzene rings is 1. The van der Waals surface area contributed by atoms with E-state index in [0.717, 1.165) is 24.5 Å². The van der Waals surface area contributed by atoms with Crippen molar-refractivity contribution in [1.82, 2.24) is 9.97 Å². The molecule has 1 saturated heterocycles. The van der Waals surface area contributed by atoms with E-state index in [4.69, 9.17) is 16.3 Å². The number of hydrogen-bond acceptors (Lipinski definition) is 5. The zero-order chi connectivity index (χ0) is 16.2. The van der Waals surface area contributed by atoms with Gasteiger partial charge in [-0.2, -0.15) is 0 Å². The molecule has 0 N–H and O–H groups in total. The van der Waals surface area contributed by atoms with Gasteiger partial charge in [-0.15, -0.1) is 0 Å². The molecule has 2 heterocycles. The summed E-state index contributed by atoms with van der Waals surface area (Å²) in [6.07, 6.45) is 0. The third-order valence-corrected chi connectivity index (χ3v) is 4.45. The first-order valence-electron chi connectivity index (χ1n) is 7.29. The van der Waals surface area contributed by atoms with E-state index < -0.39 is 0 Å². The van der Waals surface area contributed by atoms with Gasteiger partial charge >= 0.3 is 0 Å². The van der Waals surface area contributed by atoms with Crippen molar-refractivity contribution in [1.29, 1.82) is 0 Å². The van der Waals surface area contributed by atoms with Crippen LogP contribution in [0.5, 0.6) is 0 Å². The molecule has 1 aromatic heterocycles. The van der Waals surface area contributed by atoms with E-state index in [0.29, 0.717) is 45.9 Å². The van der Waals surface area contributed by atoms with Crippen molar-refractivity contribution in [3.63, 3.8) is 0 Å². The minimum atomic E-state index is 0.436. The molecule has 1 aliphatic heterocycles. The standard InChI is InChI=1S/C16H16ClN3O2S/c1-11-18-14(10-15(19-11)20-6-8-22-9-7-20)16(23-21)12-2-4-13(17)5-3-12/h2-5,10H,6-9H2,1H3. The third kappa shape index (κ3) is 3.77. The molecule has 3 rings (SSSR count). The molecule has 0 aliphatic carbocycles. The van der Waals surface area contributed by atoms with E-state index >= 15 is 0 Å². The molecule has 1 aromatic carbocycles. The lowest BCUT2D eigenvalue weighted by Gasteiger charge is -2.28. The van der Waals surface area contributed by atoms with Crippen LogP contribution in [0.25, 0.3) is 0 Å². The van der Waals surface area contributed by atoms with Gasteiger partial charge in [0.15, 0.2) is 0 Å². The molecule has 1 fully saturated rings. The van der Waals surface area contributed by atoms with Crippen molar-refractivity contribution >= 4 is 33.5 Å². The van der Waals surface area contributed by atoms with Gasteiger partial charge in [0.2, 0.25) is 0 Å². The Kier molecular flexibility index (Phi) is 5.05. The van der Waals surface area contributed by atoms with Crippen LogP contribution in [0.2, 0.25) is 5.02 Å². The van der Waals surface area contributed by atoms with Crippen LogP contribution in [0, 0.1) is 6.92 Å². The molecule has 120 valence electrons.